The van der Waals surface area contributed by atoms with E-state index in [1.165, 1.54) is 16.9 Å². The van der Waals surface area contributed by atoms with Gasteiger partial charge >= 0.3 is 0 Å². The number of aromatic nitrogens is 1. The van der Waals surface area contributed by atoms with Crippen LogP contribution in [0.2, 0.25) is 0 Å². The molecule has 0 saturated heterocycles. The van der Waals surface area contributed by atoms with Gasteiger partial charge in [0.1, 0.15) is 5.01 Å². The molecular formula is C10H9NOS. The summed E-state index contributed by atoms with van der Waals surface area (Å²) in [6.45, 7) is 2.04. The van der Waals surface area contributed by atoms with Crippen molar-refractivity contribution in [1.82, 2.24) is 4.98 Å². The van der Waals surface area contributed by atoms with Gasteiger partial charge in [-0.15, -0.1) is 11.3 Å². The van der Waals surface area contributed by atoms with Crippen molar-refractivity contribution in [3.05, 3.63) is 35.2 Å². The number of nitrogens with zero attached hydrogens (tertiary/aromatic N) is 1. The Morgan fingerprint density at radius 1 is 1.38 bits per heavy atom. The van der Waals surface area contributed by atoms with Crippen molar-refractivity contribution in [3.8, 4) is 16.5 Å². The van der Waals surface area contributed by atoms with E-state index in [2.05, 4.69) is 11.1 Å². The highest BCUT2D eigenvalue weighted by molar-refractivity contribution is 7.13. The molecule has 0 radical (unpaired) electrons. The van der Waals surface area contributed by atoms with Gasteiger partial charge in [-0.1, -0.05) is 23.8 Å². The number of hydrogen-bond donors (Lipinski definition) is 1. The van der Waals surface area contributed by atoms with Crippen LogP contribution < -0.4 is 0 Å². The molecule has 66 valence electrons. The van der Waals surface area contributed by atoms with Crippen LogP contribution in [0.4, 0.5) is 0 Å². The van der Waals surface area contributed by atoms with E-state index in [0.717, 1.165) is 10.6 Å². The highest BCUT2D eigenvalue weighted by atomic mass is 32.1. The maximum atomic E-state index is 9.08. The first-order valence-corrected chi connectivity index (χ1v) is 4.85. The lowest BCUT2D eigenvalue weighted by Gasteiger charge is -1.96. The van der Waals surface area contributed by atoms with Crippen molar-refractivity contribution >= 4 is 11.3 Å². The van der Waals surface area contributed by atoms with Crippen LogP contribution in [0.15, 0.2) is 29.6 Å². The largest absolute Gasteiger partial charge is 0.493 e. The van der Waals surface area contributed by atoms with Gasteiger partial charge < -0.3 is 5.11 Å². The summed E-state index contributed by atoms with van der Waals surface area (Å²) in [4.78, 5) is 4.00. The Morgan fingerprint density at radius 3 is 2.85 bits per heavy atom. The van der Waals surface area contributed by atoms with Crippen LogP contribution in [0.5, 0.6) is 5.88 Å². The van der Waals surface area contributed by atoms with Crippen LogP contribution in [0, 0.1) is 6.92 Å². The summed E-state index contributed by atoms with van der Waals surface area (Å²) in [7, 11) is 0. The Labute approximate surface area is 80.5 Å². The Bertz CT molecular complexity index is 422. The van der Waals surface area contributed by atoms with E-state index >= 15 is 0 Å². The minimum atomic E-state index is 0.0986. The van der Waals surface area contributed by atoms with Crippen LogP contribution in [0.3, 0.4) is 0 Å². The maximum absolute atomic E-state index is 9.08. The molecule has 1 heterocycles. The fourth-order valence-corrected chi connectivity index (χ4v) is 1.85. The molecule has 1 N–H and O–H groups in total. The predicted molar refractivity (Wildman–Crippen MR) is 54.0 cm³/mol. The smallest absolute Gasteiger partial charge is 0.222 e. The van der Waals surface area contributed by atoms with E-state index in [9.17, 15) is 0 Å². The molecule has 3 heteroatoms. The van der Waals surface area contributed by atoms with Crippen molar-refractivity contribution in [2.45, 2.75) is 6.92 Å². The molecule has 0 saturated carbocycles. The predicted octanol–water partition coefficient (Wildman–Crippen LogP) is 2.82. The van der Waals surface area contributed by atoms with Gasteiger partial charge in [0.05, 0.1) is 5.38 Å². The van der Waals surface area contributed by atoms with E-state index in [0.29, 0.717) is 0 Å². The third-order valence-electron chi connectivity index (χ3n) is 1.76. The zero-order valence-corrected chi connectivity index (χ0v) is 8.01. The van der Waals surface area contributed by atoms with Crippen molar-refractivity contribution in [1.29, 1.82) is 0 Å². The molecular weight excluding hydrogens is 182 g/mol. The lowest BCUT2D eigenvalue weighted by molar-refractivity contribution is 0.458. The first kappa shape index (κ1) is 8.26. The Balaban J connectivity index is 2.46. The van der Waals surface area contributed by atoms with Gasteiger partial charge in [0.2, 0.25) is 5.88 Å². The molecule has 13 heavy (non-hydrogen) atoms. The number of thiazole rings is 1. The van der Waals surface area contributed by atoms with Crippen molar-refractivity contribution in [2.75, 3.05) is 0 Å². The van der Waals surface area contributed by atoms with E-state index in [1.54, 1.807) is 5.38 Å². The molecule has 0 spiro atoms. The molecule has 0 aliphatic rings. The molecule has 0 bridgehead atoms. The monoisotopic (exact) mass is 191 g/mol. The topological polar surface area (TPSA) is 33.1 Å². The second-order valence-electron chi connectivity index (χ2n) is 2.88. The Hall–Kier alpha value is -1.35. The molecule has 0 unspecified atom stereocenters. The summed E-state index contributed by atoms with van der Waals surface area (Å²) in [6, 6.07) is 8.07. The molecule has 2 rings (SSSR count). The van der Waals surface area contributed by atoms with Gasteiger partial charge in [-0.3, -0.25) is 0 Å². The van der Waals surface area contributed by atoms with Gasteiger partial charge in [0.25, 0.3) is 0 Å². The molecule has 1 aromatic carbocycles. The Morgan fingerprint density at radius 2 is 2.23 bits per heavy atom. The quantitative estimate of drug-likeness (QED) is 0.751. The number of hydrogen-bond acceptors (Lipinski definition) is 3. The number of benzene rings is 1. The van der Waals surface area contributed by atoms with Crippen molar-refractivity contribution in [2.24, 2.45) is 0 Å². The SMILES string of the molecule is Cc1cccc(-c2nc(O)cs2)c1. The van der Waals surface area contributed by atoms with Gasteiger partial charge in [0, 0.05) is 5.56 Å². The standard InChI is InChI=1S/C10H9NOS/c1-7-3-2-4-8(5-7)10-11-9(12)6-13-10/h2-6,12H,1H3. The Kier molecular flexibility index (Phi) is 2.02. The van der Waals surface area contributed by atoms with Crippen LogP contribution in [-0.4, -0.2) is 10.1 Å². The molecule has 0 amide bonds. The third-order valence-corrected chi connectivity index (χ3v) is 2.64. The van der Waals surface area contributed by atoms with E-state index in [4.69, 9.17) is 5.11 Å². The minimum absolute atomic E-state index is 0.0986. The normalized spacial score (nSPS) is 10.2. The van der Waals surface area contributed by atoms with Crippen molar-refractivity contribution < 1.29 is 5.11 Å². The summed E-state index contributed by atoms with van der Waals surface area (Å²) in [5, 5.41) is 11.6. The van der Waals surface area contributed by atoms with Gasteiger partial charge in [-0.2, -0.15) is 0 Å². The van der Waals surface area contributed by atoms with E-state index < -0.39 is 0 Å². The average Bonchev–Trinajstić information content (AvgIpc) is 2.52. The lowest BCUT2D eigenvalue weighted by atomic mass is 10.1. The second kappa shape index (κ2) is 3.18. The lowest BCUT2D eigenvalue weighted by Crippen LogP contribution is -1.76. The van der Waals surface area contributed by atoms with Gasteiger partial charge in [0.15, 0.2) is 0 Å². The van der Waals surface area contributed by atoms with Gasteiger partial charge in [-0.25, -0.2) is 4.98 Å². The second-order valence-corrected chi connectivity index (χ2v) is 3.74. The fraction of sp³-hybridized carbons (Fsp3) is 0.100. The molecule has 2 aromatic rings. The first-order valence-electron chi connectivity index (χ1n) is 3.97. The highest BCUT2D eigenvalue weighted by Gasteiger charge is 2.02. The zero-order valence-electron chi connectivity index (χ0n) is 7.19. The molecule has 0 atom stereocenters. The number of aromatic hydroxyl groups is 1. The molecule has 1 aromatic heterocycles. The summed E-state index contributed by atoms with van der Waals surface area (Å²) in [6.07, 6.45) is 0. The first-order chi connectivity index (χ1) is 6.25. The summed E-state index contributed by atoms with van der Waals surface area (Å²) in [5.74, 6) is 0.0986. The van der Waals surface area contributed by atoms with Crippen molar-refractivity contribution in [3.63, 3.8) is 0 Å². The molecule has 0 fully saturated rings. The zero-order chi connectivity index (χ0) is 9.26. The van der Waals surface area contributed by atoms with Crippen LogP contribution >= 0.6 is 11.3 Å². The number of rotatable bonds is 1. The highest BCUT2D eigenvalue weighted by Crippen LogP contribution is 2.26. The molecule has 0 aliphatic carbocycles. The van der Waals surface area contributed by atoms with Crippen LogP contribution in [0.25, 0.3) is 10.6 Å². The minimum Gasteiger partial charge on any atom is -0.493 e. The average molecular weight is 191 g/mol. The third kappa shape index (κ3) is 1.70. The summed E-state index contributed by atoms with van der Waals surface area (Å²) >= 11 is 1.45. The summed E-state index contributed by atoms with van der Waals surface area (Å²) in [5.41, 5.74) is 2.26. The molecule has 0 aliphatic heterocycles. The summed E-state index contributed by atoms with van der Waals surface area (Å²) < 4.78 is 0. The maximum Gasteiger partial charge on any atom is 0.222 e. The number of aryl methyl sites for hydroxylation is 1. The molecule has 2 nitrogen and oxygen atoms in total. The van der Waals surface area contributed by atoms with E-state index in [1.807, 2.05) is 25.1 Å². The van der Waals surface area contributed by atoms with Crippen LogP contribution in [0.1, 0.15) is 5.56 Å². The fourth-order valence-electron chi connectivity index (χ4n) is 1.18. The van der Waals surface area contributed by atoms with Gasteiger partial charge in [-0.05, 0) is 13.0 Å². The van der Waals surface area contributed by atoms with Crippen LogP contribution in [-0.2, 0) is 0 Å². The van der Waals surface area contributed by atoms with E-state index in [-0.39, 0.29) is 5.88 Å².